The molecule has 0 aliphatic heterocycles. The Morgan fingerprint density at radius 1 is 1.00 bits per heavy atom. The van der Waals surface area contributed by atoms with Crippen molar-refractivity contribution in [3.63, 3.8) is 0 Å². The molecule has 7 nitrogen and oxygen atoms in total. The summed E-state index contributed by atoms with van der Waals surface area (Å²) in [6.07, 6.45) is 1.64. The second kappa shape index (κ2) is 9.84. The molecule has 1 N–H and O–H groups in total. The summed E-state index contributed by atoms with van der Waals surface area (Å²) in [4.78, 5) is 22.8. The molecule has 3 aromatic carbocycles. The molecule has 0 fully saturated rings. The monoisotopic (exact) mass is 516 g/mol. The lowest BCUT2D eigenvalue weighted by molar-refractivity contribution is -0.384. The highest BCUT2D eigenvalue weighted by Crippen LogP contribution is 2.26. The number of non-ortho nitro benzene ring substituents is 1. The van der Waals surface area contributed by atoms with Crippen LogP contribution < -0.4 is 5.43 Å². The van der Waals surface area contributed by atoms with Gasteiger partial charge in [-0.3, -0.25) is 14.9 Å². The number of halogens is 1. The van der Waals surface area contributed by atoms with E-state index in [2.05, 4.69) is 31.0 Å². The number of hydrazone groups is 1. The number of hydrogen-bond donors (Lipinski definition) is 1. The van der Waals surface area contributed by atoms with Crippen LogP contribution in [0.5, 0.6) is 0 Å². The molecular formula is C26H21BrN4O3. The Labute approximate surface area is 205 Å². The summed E-state index contributed by atoms with van der Waals surface area (Å²) in [5.41, 5.74) is 8.92. The number of nitro benzene ring substituents is 1. The van der Waals surface area contributed by atoms with E-state index in [1.807, 2.05) is 50.2 Å². The fourth-order valence-corrected chi connectivity index (χ4v) is 4.23. The number of amides is 1. The summed E-state index contributed by atoms with van der Waals surface area (Å²) in [5, 5.41) is 15.0. The van der Waals surface area contributed by atoms with Gasteiger partial charge in [-0.25, -0.2) is 5.43 Å². The van der Waals surface area contributed by atoms with Crippen molar-refractivity contribution in [1.82, 2.24) is 9.99 Å². The summed E-state index contributed by atoms with van der Waals surface area (Å²) >= 11 is 3.37. The minimum Gasteiger partial charge on any atom is -0.318 e. The van der Waals surface area contributed by atoms with Crippen LogP contribution in [0.3, 0.4) is 0 Å². The van der Waals surface area contributed by atoms with Gasteiger partial charge in [0.2, 0.25) is 0 Å². The fraction of sp³-hybridized carbons (Fsp3) is 0.0769. The van der Waals surface area contributed by atoms with Crippen molar-refractivity contribution in [3.05, 3.63) is 116 Å². The Bertz CT molecular complexity index is 1390. The highest BCUT2D eigenvalue weighted by molar-refractivity contribution is 9.10. The van der Waals surface area contributed by atoms with Crippen molar-refractivity contribution in [1.29, 1.82) is 0 Å². The van der Waals surface area contributed by atoms with Gasteiger partial charge in [0.1, 0.15) is 0 Å². The van der Waals surface area contributed by atoms with Gasteiger partial charge in [0, 0.05) is 39.2 Å². The summed E-state index contributed by atoms with van der Waals surface area (Å²) < 4.78 is 2.81. The zero-order chi connectivity index (χ0) is 24.2. The average molecular weight is 517 g/mol. The van der Waals surface area contributed by atoms with Gasteiger partial charge in [0.05, 0.1) is 16.7 Å². The SMILES string of the molecule is Cc1cc(/C=N\NC(=O)c2ccccc2Br)c(C)n1-c1ccc(-c2ccc([N+](=O)[O-])cc2)cc1. The highest BCUT2D eigenvalue weighted by atomic mass is 79.9. The summed E-state index contributed by atoms with van der Waals surface area (Å²) in [6, 6.07) is 23.7. The first-order valence-corrected chi connectivity index (χ1v) is 11.3. The van der Waals surface area contributed by atoms with E-state index in [1.54, 1.807) is 36.5 Å². The van der Waals surface area contributed by atoms with E-state index >= 15 is 0 Å². The molecule has 1 aromatic heterocycles. The highest BCUT2D eigenvalue weighted by Gasteiger charge is 2.11. The van der Waals surface area contributed by atoms with Gasteiger partial charge in [-0.2, -0.15) is 5.10 Å². The van der Waals surface area contributed by atoms with E-state index in [0.717, 1.165) is 33.8 Å². The molecule has 0 saturated carbocycles. The molecule has 4 rings (SSSR count). The Hall–Kier alpha value is -4.04. The first-order valence-electron chi connectivity index (χ1n) is 10.5. The third-order valence-electron chi connectivity index (χ3n) is 5.50. The van der Waals surface area contributed by atoms with E-state index in [9.17, 15) is 14.9 Å². The number of aryl methyl sites for hydroxylation is 1. The molecule has 170 valence electrons. The van der Waals surface area contributed by atoms with Gasteiger partial charge in [-0.1, -0.05) is 24.3 Å². The summed E-state index contributed by atoms with van der Waals surface area (Å²) in [7, 11) is 0. The Balaban J connectivity index is 1.52. The van der Waals surface area contributed by atoms with Crippen LogP contribution in [0.1, 0.15) is 27.3 Å². The van der Waals surface area contributed by atoms with Crippen molar-refractivity contribution in [2.24, 2.45) is 5.10 Å². The van der Waals surface area contributed by atoms with Crippen molar-refractivity contribution >= 4 is 33.7 Å². The van der Waals surface area contributed by atoms with Gasteiger partial charge in [-0.15, -0.1) is 0 Å². The molecule has 0 saturated heterocycles. The lowest BCUT2D eigenvalue weighted by Crippen LogP contribution is -2.18. The van der Waals surface area contributed by atoms with Gasteiger partial charge < -0.3 is 4.57 Å². The maximum absolute atomic E-state index is 12.3. The van der Waals surface area contributed by atoms with E-state index in [4.69, 9.17) is 0 Å². The minimum atomic E-state index is -0.405. The topological polar surface area (TPSA) is 89.5 Å². The summed E-state index contributed by atoms with van der Waals surface area (Å²) in [6.45, 7) is 4.00. The molecular weight excluding hydrogens is 496 g/mol. The largest absolute Gasteiger partial charge is 0.318 e. The van der Waals surface area contributed by atoms with Crippen LogP contribution in [0.4, 0.5) is 5.69 Å². The Kier molecular flexibility index (Phi) is 6.70. The zero-order valence-electron chi connectivity index (χ0n) is 18.5. The maximum Gasteiger partial charge on any atom is 0.272 e. The zero-order valence-corrected chi connectivity index (χ0v) is 20.1. The Morgan fingerprint density at radius 2 is 1.62 bits per heavy atom. The van der Waals surface area contributed by atoms with E-state index < -0.39 is 4.92 Å². The molecule has 0 radical (unpaired) electrons. The number of nitrogens with zero attached hydrogens (tertiary/aromatic N) is 3. The van der Waals surface area contributed by atoms with Crippen molar-refractivity contribution in [2.45, 2.75) is 13.8 Å². The van der Waals surface area contributed by atoms with E-state index in [-0.39, 0.29) is 11.6 Å². The van der Waals surface area contributed by atoms with Gasteiger partial charge in [0.15, 0.2) is 0 Å². The smallest absolute Gasteiger partial charge is 0.272 e. The molecule has 0 atom stereocenters. The number of nitrogens with one attached hydrogen (secondary N) is 1. The predicted molar refractivity (Wildman–Crippen MR) is 137 cm³/mol. The Morgan fingerprint density at radius 3 is 2.24 bits per heavy atom. The third-order valence-corrected chi connectivity index (χ3v) is 6.19. The normalized spacial score (nSPS) is 11.0. The fourth-order valence-electron chi connectivity index (χ4n) is 3.76. The molecule has 1 heterocycles. The molecule has 0 aliphatic carbocycles. The molecule has 0 unspecified atom stereocenters. The number of aromatic nitrogens is 1. The molecule has 0 aliphatic rings. The maximum atomic E-state index is 12.3. The number of carbonyl (C=O) groups excluding carboxylic acids is 1. The van der Waals surface area contributed by atoms with Gasteiger partial charge >= 0.3 is 0 Å². The van der Waals surface area contributed by atoms with Crippen molar-refractivity contribution < 1.29 is 9.72 Å². The van der Waals surface area contributed by atoms with E-state index in [1.165, 1.54) is 12.1 Å². The van der Waals surface area contributed by atoms with Crippen LogP contribution in [0, 0.1) is 24.0 Å². The van der Waals surface area contributed by atoms with Crippen LogP contribution in [0.2, 0.25) is 0 Å². The van der Waals surface area contributed by atoms with Gasteiger partial charge in [-0.05, 0) is 83.4 Å². The number of benzene rings is 3. The average Bonchev–Trinajstić information content (AvgIpc) is 3.12. The quantitative estimate of drug-likeness (QED) is 0.188. The van der Waals surface area contributed by atoms with Gasteiger partial charge in [0.25, 0.3) is 11.6 Å². The molecule has 8 heteroatoms. The molecule has 0 spiro atoms. The third kappa shape index (κ3) is 4.82. The predicted octanol–water partition coefficient (Wildman–Crippen LogP) is 6.20. The minimum absolute atomic E-state index is 0.0701. The van der Waals surface area contributed by atoms with Crippen LogP contribution in [-0.2, 0) is 0 Å². The van der Waals surface area contributed by atoms with Crippen LogP contribution >= 0.6 is 15.9 Å². The van der Waals surface area contributed by atoms with Crippen LogP contribution in [-0.4, -0.2) is 21.6 Å². The molecule has 34 heavy (non-hydrogen) atoms. The second-order valence-electron chi connectivity index (χ2n) is 7.69. The molecule has 1 amide bonds. The second-order valence-corrected chi connectivity index (χ2v) is 8.55. The number of hydrogen-bond acceptors (Lipinski definition) is 4. The number of carbonyl (C=O) groups is 1. The number of nitro groups is 1. The van der Waals surface area contributed by atoms with Crippen LogP contribution in [0.15, 0.2) is 88.4 Å². The summed E-state index contributed by atoms with van der Waals surface area (Å²) in [5.74, 6) is -0.292. The van der Waals surface area contributed by atoms with Crippen molar-refractivity contribution in [2.75, 3.05) is 0 Å². The molecule has 4 aromatic rings. The lowest BCUT2D eigenvalue weighted by Gasteiger charge is -2.11. The van der Waals surface area contributed by atoms with Crippen molar-refractivity contribution in [3.8, 4) is 16.8 Å². The first kappa shape index (κ1) is 23.1. The van der Waals surface area contributed by atoms with Crippen LogP contribution in [0.25, 0.3) is 16.8 Å². The lowest BCUT2D eigenvalue weighted by atomic mass is 10.0. The number of rotatable bonds is 6. The standard InChI is InChI=1S/C26H21BrN4O3/c1-17-15-21(16-28-29-26(32)24-5-3-4-6-25(24)27)18(2)30(17)22-11-7-19(8-12-22)20-9-13-23(14-10-20)31(33)34/h3-16H,1-2H3,(H,29,32)/b28-16-. The first-order chi connectivity index (χ1) is 16.3. The molecule has 0 bridgehead atoms. The van der Waals surface area contributed by atoms with E-state index in [0.29, 0.717) is 10.0 Å².